The quantitative estimate of drug-likeness (QED) is 0.556. The second-order valence-electron chi connectivity index (χ2n) is 8.17. The lowest BCUT2D eigenvalue weighted by atomic mass is 9.85. The van der Waals surface area contributed by atoms with E-state index in [2.05, 4.69) is 88.4 Å². The van der Waals surface area contributed by atoms with Crippen LogP contribution in [0.2, 0.25) is 0 Å². The Bertz CT molecular complexity index is 573. The lowest BCUT2D eigenvalue weighted by Gasteiger charge is -2.39. The summed E-state index contributed by atoms with van der Waals surface area (Å²) >= 11 is 0. The van der Waals surface area contributed by atoms with Crippen molar-refractivity contribution in [3.05, 3.63) is 60.4 Å². The molecule has 2 rings (SSSR count). The molecule has 1 aliphatic carbocycles. The minimum atomic E-state index is 0.270. The summed E-state index contributed by atoms with van der Waals surface area (Å²) in [5, 5.41) is 3.52. The summed E-state index contributed by atoms with van der Waals surface area (Å²) in [5.74, 6) is 1.60. The normalized spacial score (nSPS) is 20.0. The molecule has 1 saturated carbocycles. The molecule has 0 bridgehead atoms. The van der Waals surface area contributed by atoms with E-state index < -0.39 is 0 Å². The fourth-order valence-electron chi connectivity index (χ4n) is 4.44. The Kier molecular flexibility index (Phi) is 9.69. The first kappa shape index (κ1) is 23.3. The standard InChI is InChI=1S/C23H36N2.C2H6/c1-16(2)23(18(5)24-17(3)4)25(7)19(6)21-14-11-15-22(21)20-12-9-8-10-13-20;1-2/h8-10,12-13,16-17,21-24H,5-6,11,14-15H2,1-4,7H3;1-2H3. The minimum Gasteiger partial charge on any atom is -0.385 e. The van der Waals surface area contributed by atoms with E-state index in [4.69, 9.17) is 0 Å². The molecule has 1 aromatic rings. The van der Waals surface area contributed by atoms with Crippen LogP contribution in [0.4, 0.5) is 0 Å². The molecule has 3 atom stereocenters. The molecule has 0 saturated heterocycles. The summed E-state index contributed by atoms with van der Waals surface area (Å²) in [4.78, 5) is 2.38. The highest BCUT2D eigenvalue weighted by atomic mass is 15.2. The number of hydrogen-bond donors (Lipinski definition) is 1. The number of rotatable bonds is 8. The molecule has 1 aliphatic rings. The van der Waals surface area contributed by atoms with E-state index in [9.17, 15) is 0 Å². The number of nitrogens with zero attached hydrogens (tertiary/aromatic N) is 1. The highest BCUT2D eigenvalue weighted by molar-refractivity contribution is 5.25. The SMILES string of the molecule is C=C(NC(C)C)C(C(C)C)N(C)C(=C)C1CCCC1c1ccccc1.CC. The van der Waals surface area contributed by atoms with Crippen LogP contribution < -0.4 is 5.32 Å². The maximum absolute atomic E-state index is 4.53. The summed E-state index contributed by atoms with van der Waals surface area (Å²) in [7, 11) is 2.19. The maximum atomic E-state index is 4.53. The molecule has 0 heterocycles. The van der Waals surface area contributed by atoms with Crippen molar-refractivity contribution in [2.75, 3.05) is 7.05 Å². The zero-order chi connectivity index (χ0) is 20.6. The number of hydrogen-bond acceptors (Lipinski definition) is 2. The molecule has 1 aromatic carbocycles. The van der Waals surface area contributed by atoms with Crippen molar-refractivity contribution in [3.63, 3.8) is 0 Å². The molecular weight excluding hydrogens is 328 g/mol. The molecule has 1 N–H and O–H groups in total. The Morgan fingerprint density at radius 1 is 1.04 bits per heavy atom. The largest absolute Gasteiger partial charge is 0.385 e. The third-order valence-corrected chi connectivity index (χ3v) is 5.50. The van der Waals surface area contributed by atoms with E-state index in [0.29, 0.717) is 23.8 Å². The van der Waals surface area contributed by atoms with Crippen LogP contribution in [0, 0.1) is 11.8 Å². The highest BCUT2D eigenvalue weighted by Crippen LogP contribution is 2.44. The van der Waals surface area contributed by atoms with Crippen molar-refractivity contribution in [1.29, 1.82) is 0 Å². The first-order chi connectivity index (χ1) is 12.8. The molecule has 0 aliphatic heterocycles. The van der Waals surface area contributed by atoms with E-state index in [1.165, 1.54) is 30.5 Å². The Morgan fingerprint density at radius 3 is 2.15 bits per heavy atom. The van der Waals surface area contributed by atoms with Gasteiger partial charge in [0.05, 0.1) is 6.04 Å². The molecule has 0 aromatic heterocycles. The molecular formula is C25H42N2. The summed E-state index contributed by atoms with van der Waals surface area (Å²) in [6, 6.07) is 11.6. The van der Waals surface area contributed by atoms with Crippen LogP contribution in [0.3, 0.4) is 0 Å². The summed E-state index contributed by atoms with van der Waals surface area (Å²) in [6.07, 6.45) is 3.78. The van der Waals surface area contributed by atoms with Crippen molar-refractivity contribution >= 4 is 0 Å². The van der Waals surface area contributed by atoms with E-state index in [0.717, 1.165) is 5.70 Å². The molecule has 0 amide bonds. The van der Waals surface area contributed by atoms with Crippen LogP contribution in [0.25, 0.3) is 0 Å². The van der Waals surface area contributed by atoms with Gasteiger partial charge in [0.1, 0.15) is 0 Å². The van der Waals surface area contributed by atoms with Crippen molar-refractivity contribution in [3.8, 4) is 0 Å². The fraction of sp³-hybridized carbons (Fsp3) is 0.600. The maximum Gasteiger partial charge on any atom is 0.0698 e. The second-order valence-corrected chi connectivity index (χ2v) is 8.17. The number of benzene rings is 1. The zero-order valence-corrected chi connectivity index (χ0v) is 18.8. The average molecular weight is 371 g/mol. The molecule has 2 nitrogen and oxygen atoms in total. The van der Waals surface area contributed by atoms with E-state index >= 15 is 0 Å². The van der Waals surface area contributed by atoms with Crippen molar-refractivity contribution < 1.29 is 0 Å². The van der Waals surface area contributed by atoms with Crippen molar-refractivity contribution in [1.82, 2.24) is 10.2 Å². The Morgan fingerprint density at radius 2 is 1.63 bits per heavy atom. The lowest BCUT2D eigenvalue weighted by Crippen LogP contribution is -2.43. The van der Waals surface area contributed by atoms with E-state index in [1.807, 2.05) is 13.8 Å². The summed E-state index contributed by atoms with van der Waals surface area (Å²) < 4.78 is 0. The third kappa shape index (κ3) is 6.16. The van der Waals surface area contributed by atoms with Gasteiger partial charge in [-0.3, -0.25) is 0 Å². The van der Waals surface area contributed by atoms with E-state index in [1.54, 1.807) is 0 Å². The molecule has 1 fully saturated rings. The van der Waals surface area contributed by atoms with Crippen LogP contribution in [0.1, 0.15) is 72.3 Å². The van der Waals surface area contributed by atoms with Crippen LogP contribution in [-0.4, -0.2) is 24.0 Å². The van der Waals surface area contributed by atoms with Gasteiger partial charge in [0.15, 0.2) is 0 Å². The molecule has 27 heavy (non-hydrogen) atoms. The van der Waals surface area contributed by atoms with Crippen molar-refractivity contribution in [2.24, 2.45) is 11.8 Å². The fourth-order valence-corrected chi connectivity index (χ4v) is 4.44. The predicted octanol–water partition coefficient (Wildman–Crippen LogP) is 6.58. The highest BCUT2D eigenvalue weighted by Gasteiger charge is 2.34. The van der Waals surface area contributed by atoms with Gasteiger partial charge in [0.2, 0.25) is 0 Å². The topological polar surface area (TPSA) is 15.3 Å². The lowest BCUT2D eigenvalue weighted by molar-refractivity contribution is 0.234. The van der Waals surface area contributed by atoms with Gasteiger partial charge in [-0.1, -0.05) is 77.6 Å². The van der Waals surface area contributed by atoms with Gasteiger partial charge < -0.3 is 10.2 Å². The molecule has 152 valence electrons. The number of likely N-dealkylation sites (N-methyl/N-ethyl adjacent to an activating group) is 1. The first-order valence-corrected chi connectivity index (χ1v) is 10.7. The molecule has 0 spiro atoms. The first-order valence-electron chi connectivity index (χ1n) is 10.7. The third-order valence-electron chi connectivity index (χ3n) is 5.50. The van der Waals surface area contributed by atoms with Crippen molar-refractivity contribution in [2.45, 2.75) is 78.8 Å². The molecule has 0 radical (unpaired) electrons. The molecule has 2 heteroatoms. The second kappa shape index (κ2) is 11.2. The van der Waals surface area contributed by atoms with Gasteiger partial charge in [-0.25, -0.2) is 0 Å². The van der Waals surface area contributed by atoms with Crippen LogP contribution in [-0.2, 0) is 0 Å². The van der Waals surface area contributed by atoms with Gasteiger partial charge in [-0.05, 0) is 44.1 Å². The van der Waals surface area contributed by atoms with Gasteiger partial charge in [0.25, 0.3) is 0 Å². The smallest absolute Gasteiger partial charge is 0.0698 e. The summed E-state index contributed by atoms with van der Waals surface area (Å²) in [5.41, 5.74) is 3.82. The number of nitrogens with one attached hydrogen (secondary N) is 1. The van der Waals surface area contributed by atoms with E-state index in [-0.39, 0.29) is 6.04 Å². The van der Waals surface area contributed by atoms with Crippen LogP contribution in [0.15, 0.2) is 54.9 Å². The minimum absolute atomic E-state index is 0.270. The van der Waals surface area contributed by atoms with Gasteiger partial charge in [-0.15, -0.1) is 0 Å². The monoisotopic (exact) mass is 370 g/mol. The van der Waals surface area contributed by atoms with Gasteiger partial charge in [-0.2, -0.15) is 0 Å². The van der Waals surface area contributed by atoms with Gasteiger partial charge >= 0.3 is 0 Å². The molecule has 3 unspecified atom stereocenters. The van der Waals surface area contributed by atoms with Gasteiger partial charge in [0, 0.05) is 30.4 Å². The Balaban J connectivity index is 0.00000176. The summed E-state index contributed by atoms with van der Waals surface area (Å²) in [6.45, 7) is 21.7. The van der Waals surface area contributed by atoms with Crippen LogP contribution in [0.5, 0.6) is 0 Å². The Hall–Kier alpha value is -1.70. The predicted molar refractivity (Wildman–Crippen MR) is 121 cm³/mol. The number of allylic oxidation sites excluding steroid dienone is 1. The zero-order valence-electron chi connectivity index (χ0n) is 18.8. The average Bonchev–Trinajstić information content (AvgIpc) is 3.12. The van der Waals surface area contributed by atoms with Crippen LogP contribution >= 0.6 is 0 Å². The Labute approximate surface area is 168 Å².